The number of carbonyl (C=O) groups excluding carboxylic acids is 2. The Morgan fingerprint density at radius 2 is 1.81 bits per heavy atom. The van der Waals surface area contributed by atoms with Gasteiger partial charge in [-0.2, -0.15) is 13.2 Å². The highest BCUT2D eigenvalue weighted by atomic mass is 35.5. The van der Waals surface area contributed by atoms with Crippen LogP contribution in [0.2, 0.25) is 10.0 Å². The number of aromatic nitrogens is 3. The largest absolute Gasteiger partial charge is 0.414 e. The average molecular weight is 712 g/mol. The fourth-order valence-corrected chi connectivity index (χ4v) is 6.01. The minimum absolute atomic E-state index is 0.0429. The summed E-state index contributed by atoms with van der Waals surface area (Å²) in [5.74, 6) is -3.91. The number of benzene rings is 2. The van der Waals surface area contributed by atoms with Crippen LogP contribution >= 0.6 is 23.2 Å². The number of carbonyl (C=O) groups is 2. The number of nitrogens with zero attached hydrogens (tertiary/aromatic N) is 4. The van der Waals surface area contributed by atoms with Gasteiger partial charge in [-0.1, -0.05) is 56.1 Å². The summed E-state index contributed by atoms with van der Waals surface area (Å²) in [6.45, 7) is 4.68. The van der Waals surface area contributed by atoms with Crippen molar-refractivity contribution in [3.05, 3.63) is 86.9 Å². The number of hydrogen-bond donors (Lipinski definition) is 2. The number of pyridine rings is 1. The zero-order valence-corrected chi connectivity index (χ0v) is 28.0. The standard InChI is InChI=1S/C33H33Cl2F5N6O2/c1-31(2,3)30(48)42-16-18-8-9-21(34)19(27(18)35)14-26-43-23-13-20(24(15-25(23)45(26)4)46-12-10-32(36,37)17-46)29(47)44-28(33(38,39)40)22-7-5-6-11-41-22/h5-9,11,13,15,28H,10,12,14,16-17H2,1-4H3,(H,42,48)(H,44,47). The summed E-state index contributed by atoms with van der Waals surface area (Å²) in [5.41, 5.74) is 0.585. The first-order valence-corrected chi connectivity index (χ1v) is 15.8. The summed E-state index contributed by atoms with van der Waals surface area (Å²) in [5, 5.41) is 5.52. The van der Waals surface area contributed by atoms with Gasteiger partial charge < -0.3 is 20.1 Å². The van der Waals surface area contributed by atoms with Gasteiger partial charge in [0.1, 0.15) is 5.82 Å². The number of halogens is 7. The second-order valence-electron chi connectivity index (χ2n) is 12.8. The molecule has 0 aliphatic carbocycles. The van der Waals surface area contributed by atoms with E-state index in [0.717, 1.165) is 6.07 Å². The summed E-state index contributed by atoms with van der Waals surface area (Å²) in [6.07, 6.45) is -4.09. The molecule has 1 unspecified atom stereocenters. The lowest BCUT2D eigenvalue weighted by Crippen LogP contribution is -2.39. The molecular weight excluding hydrogens is 678 g/mol. The molecule has 1 saturated heterocycles. The quantitative estimate of drug-likeness (QED) is 0.186. The van der Waals surface area contributed by atoms with Crippen LogP contribution in [0.5, 0.6) is 0 Å². The maximum atomic E-state index is 14.3. The van der Waals surface area contributed by atoms with Crippen molar-refractivity contribution in [2.24, 2.45) is 12.5 Å². The monoisotopic (exact) mass is 710 g/mol. The van der Waals surface area contributed by atoms with E-state index in [1.807, 2.05) is 5.32 Å². The smallest absolute Gasteiger partial charge is 0.365 e. The third kappa shape index (κ3) is 7.52. The zero-order valence-electron chi connectivity index (χ0n) is 26.5. The maximum absolute atomic E-state index is 14.3. The molecule has 48 heavy (non-hydrogen) atoms. The molecule has 2 aromatic heterocycles. The number of alkyl halides is 5. The van der Waals surface area contributed by atoms with Crippen molar-refractivity contribution in [1.82, 2.24) is 25.2 Å². The minimum atomic E-state index is -4.89. The second kappa shape index (κ2) is 13.1. The average Bonchev–Trinajstić information content (AvgIpc) is 3.53. The third-order valence-corrected chi connectivity index (χ3v) is 8.98. The number of rotatable bonds is 8. The fraction of sp³-hybridized carbons (Fsp3) is 0.394. The number of nitrogens with one attached hydrogen (secondary N) is 2. The van der Waals surface area contributed by atoms with Gasteiger partial charge in [-0.25, -0.2) is 13.8 Å². The Labute approximate surface area is 283 Å². The van der Waals surface area contributed by atoms with E-state index in [-0.39, 0.29) is 42.2 Å². The molecule has 1 fully saturated rings. The van der Waals surface area contributed by atoms with Gasteiger partial charge in [0.2, 0.25) is 5.91 Å². The van der Waals surface area contributed by atoms with Crippen molar-refractivity contribution in [2.45, 2.75) is 58.3 Å². The van der Waals surface area contributed by atoms with Crippen LogP contribution in [0.3, 0.4) is 0 Å². The van der Waals surface area contributed by atoms with Gasteiger partial charge in [-0.15, -0.1) is 0 Å². The van der Waals surface area contributed by atoms with E-state index >= 15 is 0 Å². The molecule has 5 rings (SSSR count). The lowest BCUT2D eigenvalue weighted by atomic mass is 9.95. The predicted molar refractivity (Wildman–Crippen MR) is 174 cm³/mol. The third-order valence-electron chi connectivity index (χ3n) is 8.15. The van der Waals surface area contributed by atoms with E-state index in [1.54, 1.807) is 44.5 Å². The van der Waals surface area contributed by atoms with E-state index in [2.05, 4.69) is 15.3 Å². The predicted octanol–water partition coefficient (Wildman–Crippen LogP) is 7.41. The molecule has 0 spiro atoms. The number of aryl methyl sites for hydroxylation is 1. The Kier molecular flexibility index (Phi) is 9.68. The molecule has 8 nitrogen and oxygen atoms in total. The first-order chi connectivity index (χ1) is 22.4. The van der Waals surface area contributed by atoms with Gasteiger partial charge in [0.05, 0.1) is 39.5 Å². The van der Waals surface area contributed by atoms with E-state index < -0.39 is 48.1 Å². The van der Waals surface area contributed by atoms with Crippen molar-refractivity contribution in [3.63, 3.8) is 0 Å². The molecule has 2 amide bonds. The molecular formula is C33H33Cl2F5N6O2. The van der Waals surface area contributed by atoms with Crippen LogP contribution < -0.4 is 15.5 Å². The first kappa shape index (κ1) is 35.3. The molecule has 1 atom stereocenters. The minimum Gasteiger partial charge on any atom is -0.365 e. The molecule has 1 aliphatic heterocycles. The van der Waals surface area contributed by atoms with Gasteiger partial charge in [-0.3, -0.25) is 14.6 Å². The number of fused-ring (bicyclic) bond motifs is 1. The van der Waals surface area contributed by atoms with E-state index in [0.29, 0.717) is 32.5 Å². The van der Waals surface area contributed by atoms with E-state index in [1.165, 1.54) is 35.4 Å². The molecule has 2 aromatic carbocycles. The summed E-state index contributed by atoms with van der Waals surface area (Å²) in [6, 6.07) is 7.63. The van der Waals surface area contributed by atoms with Gasteiger partial charge in [0.15, 0.2) is 6.04 Å². The van der Waals surface area contributed by atoms with Crippen molar-refractivity contribution >= 4 is 51.7 Å². The Hall–Kier alpha value is -3.97. The molecule has 256 valence electrons. The van der Waals surface area contributed by atoms with Crippen LogP contribution in [-0.4, -0.2) is 51.5 Å². The zero-order chi connectivity index (χ0) is 35.2. The van der Waals surface area contributed by atoms with Crippen molar-refractivity contribution in [2.75, 3.05) is 18.0 Å². The molecule has 0 bridgehead atoms. The highest BCUT2D eigenvalue weighted by molar-refractivity contribution is 6.36. The Balaban J connectivity index is 1.53. The van der Waals surface area contributed by atoms with Crippen LogP contribution in [0.1, 0.15) is 66.2 Å². The van der Waals surface area contributed by atoms with Crippen LogP contribution in [-0.2, 0) is 24.8 Å². The molecule has 3 heterocycles. The molecule has 2 N–H and O–H groups in total. The molecule has 15 heteroatoms. The Morgan fingerprint density at radius 1 is 1.08 bits per heavy atom. The van der Waals surface area contributed by atoms with E-state index in [9.17, 15) is 31.5 Å². The SMILES string of the molecule is Cn1c(Cc2c(Cl)ccc(CNC(=O)C(C)(C)C)c2Cl)nc2cc(C(=O)NC(c3ccccn3)C(F)(F)F)c(N3CCC(F)(F)C3)cc21. The topological polar surface area (TPSA) is 92.1 Å². The number of anilines is 1. The lowest BCUT2D eigenvalue weighted by Gasteiger charge is -2.24. The number of hydrogen-bond acceptors (Lipinski definition) is 5. The number of amides is 2. The molecule has 1 aliphatic rings. The van der Waals surface area contributed by atoms with Crippen molar-refractivity contribution in [3.8, 4) is 0 Å². The number of imidazole rings is 1. The molecule has 0 radical (unpaired) electrons. The van der Waals surface area contributed by atoms with E-state index in [4.69, 9.17) is 23.2 Å². The van der Waals surface area contributed by atoms with Crippen LogP contribution in [0.4, 0.5) is 27.6 Å². The molecule has 0 saturated carbocycles. The van der Waals surface area contributed by atoms with Gasteiger partial charge >= 0.3 is 6.18 Å². The summed E-state index contributed by atoms with van der Waals surface area (Å²) < 4.78 is 72.7. The summed E-state index contributed by atoms with van der Waals surface area (Å²) in [7, 11) is 1.68. The second-order valence-corrected chi connectivity index (χ2v) is 13.6. The Morgan fingerprint density at radius 3 is 2.42 bits per heavy atom. The Bertz CT molecular complexity index is 1860. The highest BCUT2D eigenvalue weighted by Crippen LogP contribution is 2.38. The lowest BCUT2D eigenvalue weighted by molar-refractivity contribution is -0.156. The van der Waals surface area contributed by atoms with Gasteiger partial charge in [0, 0.05) is 49.6 Å². The maximum Gasteiger partial charge on any atom is 0.414 e. The van der Waals surface area contributed by atoms with Crippen LogP contribution in [0.25, 0.3) is 11.0 Å². The van der Waals surface area contributed by atoms with Gasteiger partial charge in [0.25, 0.3) is 11.8 Å². The highest BCUT2D eigenvalue weighted by Gasteiger charge is 2.44. The summed E-state index contributed by atoms with van der Waals surface area (Å²) >= 11 is 13.3. The van der Waals surface area contributed by atoms with Gasteiger partial charge in [-0.05, 0) is 41.5 Å². The first-order valence-electron chi connectivity index (χ1n) is 15.0. The summed E-state index contributed by atoms with van der Waals surface area (Å²) in [4.78, 5) is 35.7. The molecule has 4 aromatic rings. The normalized spacial score (nSPS) is 15.5. The van der Waals surface area contributed by atoms with Crippen LogP contribution in [0.15, 0.2) is 48.7 Å². The fourth-order valence-electron chi connectivity index (χ4n) is 5.44. The van der Waals surface area contributed by atoms with Crippen LogP contribution in [0, 0.1) is 5.41 Å². The van der Waals surface area contributed by atoms with Crippen molar-refractivity contribution < 1.29 is 31.5 Å². The van der Waals surface area contributed by atoms with Crippen molar-refractivity contribution in [1.29, 1.82) is 0 Å².